The molecule has 0 unspecified atom stereocenters. The lowest BCUT2D eigenvalue weighted by atomic mass is 10.1. The Hall–Kier alpha value is -2.69. The highest BCUT2D eigenvalue weighted by Crippen LogP contribution is 2.37. The van der Waals surface area contributed by atoms with E-state index in [9.17, 15) is 4.79 Å². The van der Waals surface area contributed by atoms with Gasteiger partial charge in [0.1, 0.15) is 5.69 Å². The number of aryl methyl sites for hydroxylation is 2. The minimum atomic E-state index is -0.0779. The van der Waals surface area contributed by atoms with Gasteiger partial charge in [-0.1, -0.05) is 65.8 Å². The summed E-state index contributed by atoms with van der Waals surface area (Å²) in [6.07, 6.45) is 1.81. The second-order valence-electron chi connectivity index (χ2n) is 7.83. The highest BCUT2D eigenvalue weighted by Gasteiger charge is 2.20. The molecule has 1 atom stereocenters. The van der Waals surface area contributed by atoms with Crippen LogP contribution >= 0.6 is 23.4 Å². The Morgan fingerprint density at radius 3 is 2.55 bits per heavy atom. The van der Waals surface area contributed by atoms with E-state index in [1.165, 1.54) is 5.56 Å². The lowest BCUT2D eigenvalue weighted by Gasteiger charge is -2.14. The van der Waals surface area contributed by atoms with E-state index < -0.39 is 0 Å². The van der Waals surface area contributed by atoms with Crippen LogP contribution in [-0.4, -0.2) is 16.9 Å². The summed E-state index contributed by atoms with van der Waals surface area (Å²) in [4.78, 5) is 18.5. The predicted octanol–water partition coefficient (Wildman–Crippen LogP) is 7.03. The number of aromatic amines is 1. The van der Waals surface area contributed by atoms with Crippen molar-refractivity contribution in [1.82, 2.24) is 10.3 Å². The summed E-state index contributed by atoms with van der Waals surface area (Å²) in [6.45, 7) is 4.11. The Bertz CT molecular complexity index is 1190. The van der Waals surface area contributed by atoms with Crippen molar-refractivity contribution in [2.75, 3.05) is 0 Å². The number of rotatable bonds is 7. The van der Waals surface area contributed by atoms with Crippen molar-refractivity contribution < 1.29 is 4.79 Å². The van der Waals surface area contributed by atoms with Crippen molar-refractivity contribution in [2.45, 2.75) is 42.5 Å². The molecule has 1 aromatic heterocycles. The molecule has 3 aromatic carbocycles. The maximum atomic E-state index is 13.2. The molecule has 1 amide bonds. The average Bonchev–Trinajstić information content (AvgIpc) is 3.12. The molecule has 0 aliphatic heterocycles. The van der Waals surface area contributed by atoms with Crippen molar-refractivity contribution in [3.63, 3.8) is 0 Å². The average molecular weight is 449 g/mol. The van der Waals surface area contributed by atoms with E-state index >= 15 is 0 Å². The lowest BCUT2D eigenvalue weighted by Crippen LogP contribution is -2.33. The van der Waals surface area contributed by atoms with Crippen molar-refractivity contribution in [2.24, 2.45) is 0 Å². The van der Waals surface area contributed by atoms with Crippen molar-refractivity contribution in [3.8, 4) is 0 Å². The third-order valence-corrected chi connectivity index (χ3v) is 6.64. The van der Waals surface area contributed by atoms with Gasteiger partial charge in [0.25, 0.3) is 5.91 Å². The van der Waals surface area contributed by atoms with Crippen molar-refractivity contribution in [3.05, 3.63) is 94.6 Å². The molecular weight excluding hydrogens is 424 g/mol. The fourth-order valence-corrected chi connectivity index (χ4v) is 4.74. The van der Waals surface area contributed by atoms with Gasteiger partial charge in [0, 0.05) is 26.9 Å². The number of hydrogen-bond acceptors (Lipinski definition) is 2. The van der Waals surface area contributed by atoms with Crippen LogP contribution in [0.3, 0.4) is 0 Å². The van der Waals surface area contributed by atoms with E-state index in [0.717, 1.165) is 39.1 Å². The van der Waals surface area contributed by atoms with Crippen molar-refractivity contribution in [1.29, 1.82) is 0 Å². The number of hydrogen-bond donors (Lipinski definition) is 2. The van der Waals surface area contributed by atoms with Crippen LogP contribution in [0, 0.1) is 6.92 Å². The van der Waals surface area contributed by atoms with E-state index in [1.54, 1.807) is 11.8 Å². The first-order valence-corrected chi connectivity index (χ1v) is 11.6. The van der Waals surface area contributed by atoms with Gasteiger partial charge in [-0.05, 0) is 68.1 Å². The quantitative estimate of drug-likeness (QED) is 0.318. The number of H-pyrrole nitrogens is 1. The Morgan fingerprint density at radius 2 is 1.81 bits per heavy atom. The molecule has 0 aliphatic carbocycles. The number of aromatic nitrogens is 1. The summed E-state index contributed by atoms with van der Waals surface area (Å²) in [6, 6.07) is 24.3. The molecule has 31 heavy (non-hydrogen) atoms. The van der Waals surface area contributed by atoms with Gasteiger partial charge in [-0.25, -0.2) is 0 Å². The van der Waals surface area contributed by atoms with Gasteiger partial charge >= 0.3 is 0 Å². The molecular formula is C26H25ClN2OS. The minimum Gasteiger partial charge on any atom is -0.350 e. The van der Waals surface area contributed by atoms with Crippen LogP contribution in [0.1, 0.15) is 35.0 Å². The smallest absolute Gasteiger partial charge is 0.269 e. The zero-order valence-electron chi connectivity index (χ0n) is 17.6. The van der Waals surface area contributed by atoms with Gasteiger partial charge in [-0.2, -0.15) is 0 Å². The van der Waals surface area contributed by atoms with E-state index in [4.69, 9.17) is 11.6 Å². The number of carbonyl (C=O) groups excluding carboxylic acids is 1. The highest BCUT2D eigenvalue weighted by atomic mass is 35.5. The molecule has 1 heterocycles. The number of nitrogens with one attached hydrogen (secondary N) is 2. The lowest BCUT2D eigenvalue weighted by molar-refractivity contribution is 0.0931. The molecule has 5 heteroatoms. The van der Waals surface area contributed by atoms with Gasteiger partial charge in [-0.3, -0.25) is 4.79 Å². The van der Waals surface area contributed by atoms with Crippen LogP contribution in [0.4, 0.5) is 0 Å². The van der Waals surface area contributed by atoms with Crippen LogP contribution in [0.25, 0.3) is 10.9 Å². The van der Waals surface area contributed by atoms with Crippen LogP contribution in [0.5, 0.6) is 0 Å². The molecule has 3 nitrogen and oxygen atoms in total. The molecule has 4 rings (SSSR count). The van der Waals surface area contributed by atoms with Gasteiger partial charge < -0.3 is 10.3 Å². The summed E-state index contributed by atoms with van der Waals surface area (Å²) in [5, 5.41) is 4.92. The Balaban J connectivity index is 1.56. The fraction of sp³-hybridized carbons (Fsp3) is 0.192. The first-order chi connectivity index (χ1) is 15.0. The van der Waals surface area contributed by atoms with E-state index in [-0.39, 0.29) is 11.9 Å². The van der Waals surface area contributed by atoms with E-state index in [0.29, 0.717) is 10.7 Å². The number of fused-ring (bicyclic) bond motifs is 1. The Labute approximate surface area is 192 Å². The normalized spacial score (nSPS) is 12.1. The Kier molecular flexibility index (Phi) is 6.69. The SMILES string of the molecule is Cc1ccc2c(Sc3ccc(Cl)cc3)c(C(=O)N[C@H](C)CCc3ccccc3)[nH]c2c1. The van der Waals surface area contributed by atoms with Crippen LogP contribution in [0.15, 0.2) is 82.6 Å². The van der Waals surface area contributed by atoms with E-state index in [1.807, 2.05) is 42.5 Å². The van der Waals surface area contributed by atoms with Gasteiger partial charge in [-0.15, -0.1) is 0 Å². The largest absolute Gasteiger partial charge is 0.350 e. The zero-order chi connectivity index (χ0) is 21.8. The second kappa shape index (κ2) is 9.63. The topological polar surface area (TPSA) is 44.9 Å². The first-order valence-electron chi connectivity index (χ1n) is 10.4. The summed E-state index contributed by atoms with van der Waals surface area (Å²) in [5.74, 6) is -0.0779. The van der Waals surface area contributed by atoms with Crippen LogP contribution in [0.2, 0.25) is 5.02 Å². The summed E-state index contributed by atoms with van der Waals surface area (Å²) in [7, 11) is 0. The van der Waals surface area contributed by atoms with Crippen LogP contribution < -0.4 is 5.32 Å². The molecule has 2 N–H and O–H groups in total. The summed E-state index contributed by atoms with van der Waals surface area (Å²) >= 11 is 7.62. The highest BCUT2D eigenvalue weighted by molar-refractivity contribution is 7.99. The first kappa shape index (κ1) is 21.5. The standard InChI is InChI=1S/C26H25ClN2OS/c1-17-8-15-22-23(16-17)29-24(25(22)31-21-13-11-20(27)12-14-21)26(30)28-18(2)9-10-19-6-4-3-5-7-19/h3-8,11-16,18,29H,9-10H2,1-2H3,(H,28,30)/t18-/m1/s1. The molecule has 0 bridgehead atoms. The van der Waals surface area contributed by atoms with Gasteiger partial charge in [0.2, 0.25) is 0 Å². The molecule has 0 fully saturated rings. The molecule has 0 saturated carbocycles. The maximum Gasteiger partial charge on any atom is 0.269 e. The Morgan fingerprint density at radius 1 is 1.06 bits per heavy atom. The van der Waals surface area contributed by atoms with Gasteiger partial charge in [0.05, 0.1) is 4.90 Å². The molecule has 0 saturated heterocycles. The molecule has 4 aromatic rings. The monoisotopic (exact) mass is 448 g/mol. The fourth-order valence-electron chi connectivity index (χ4n) is 3.57. The van der Waals surface area contributed by atoms with E-state index in [2.05, 4.69) is 54.5 Å². The summed E-state index contributed by atoms with van der Waals surface area (Å²) in [5.41, 5.74) is 4.01. The van der Waals surface area contributed by atoms with Crippen molar-refractivity contribution >= 4 is 40.2 Å². The van der Waals surface area contributed by atoms with Gasteiger partial charge in [0.15, 0.2) is 0 Å². The molecule has 0 radical (unpaired) electrons. The molecule has 0 aliphatic rings. The number of halogens is 1. The minimum absolute atomic E-state index is 0.0641. The third kappa shape index (κ3) is 5.33. The summed E-state index contributed by atoms with van der Waals surface area (Å²) < 4.78 is 0. The number of carbonyl (C=O) groups is 1. The third-order valence-electron chi connectivity index (χ3n) is 5.25. The van der Waals surface area contributed by atoms with Crippen LogP contribution in [-0.2, 0) is 6.42 Å². The molecule has 0 spiro atoms. The second-order valence-corrected chi connectivity index (χ2v) is 9.35. The number of amides is 1. The molecule has 158 valence electrons. The predicted molar refractivity (Wildman–Crippen MR) is 130 cm³/mol. The maximum absolute atomic E-state index is 13.2. The number of benzene rings is 3. The zero-order valence-corrected chi connectivity index (χ0v) is 19.2.